The number of rotatable bonds is 2. The number of nitrogens with zero attached hydrogens (tertiary/aromatic N) is 1. The van der Waals surface area contributed by atoms with Gasteiger partial charge in [-0.1, -0.05) is 30.3 Å². The van der Waals surface area contributed by atoms with E-state index in [0.29, 0.717) is 8.34 Å². The Morgan fingerprint density at radius 2 is 1.95 bits per heavy atom. The average molecular weight is 398 g/mol. The Morgan fingerprint density at radius 1 is 1.25 bits per heavy atom. The maximum absolute atomic E-state index is 13.8. The molecule has 2 aromatic carbocycles. The highest BCUT2D eigenvalue weighted by atomic mass is 127. The summed E-state index contributed by atoms with van der Waals surface area (Å²) in [6.45, 7) is 2.06. The van der Waals surface area contributed by atoms with Crippen LogP contribution in [0, 0.1) is 14.2 Å². The first-order valence-electron chi connectivity index (χ1n) is 6.22. The molecule has 3 rings (SSSR count). The van der Waals surface area contributed by atoms with Crippen molar-refractivity contribution in [3.63, 3.8) is 0 Å². The third-order valence-electron chi connectivity index (χ3n) is 3.43. The predicted octanol–water partition coefficient (Wildman–Crippen LogP) is 5.05. The van der Waals surface area contributed by atoms with Crippen molar-refractivity contribution in [2.75, 3.05) is 0 Å². The van der Waals surface area contributed by atoms with E-state index in [0.717, 1.165) is 16.6 Å². The van der Waals surface area contributed by atoms with Crippen LogP contribution in [0.15, 0.2) is 42.5 Å². The van der Waals surface area contributed by atoms with Gasteiger partial charge < -0.3 is 9.55 Å². The van der Waals surface area contributed by atoms with E-state index < -0.39 is 0 Å². The zero-order chi connectivity index (χ0) is 14.3. The summed E-state index contributed by atoms with van der Waals surface area (Å²) >= 11 is 7.38. The smallest absolute Gasteiger partial charge is 0.178 e. The van der Waals surface area contributed by atoms with Crippen LogP contribution in [-0.2, 0) is 0 Å². The zero-order valence-corrected chi connectivity index (χ0v) is 13.7. The van der Waals surface area contributed by atoms with Crippen molar-refractivity contribution in [3.05, 3.63) is 62.2 Å². The molecule has 0 radical (unpaired) electrons. The molecule has 0 aliphatic heterocycles. The molecule has 0 bridgehead atoms. The molecule has 0 amide bonds. The molecule has 20 heavy (non-hydrogen) atoms. The summed E-state index contributed by atoms with van der Waals surface area (Å²) in [6, 6.07) is 13.5. The lowest BCUT2D eigenvalue weighted by molar-refractivity contribution is 0.616. The molecule has 0 aliphatic rings. The summed E-state index contributed by atoms with van der Waals surface area (Å²) in [4.78, 5) is 3.15. The first-order valence-corrected chi connectivity index (χ1v) is 7.71. The third-order valence-corrected chi connectivity index (χ3v) is 4.55. The lowest BCUT2D eigenvalue weighted by Crippen LogP contribution is -2.06. The molecule has 0 fully saturated rings. The SMILES string of the molecule is CC(c1ccccc1)n1c(=S)[nH]c2cc(I)c(F)cc21. The number of aromatic nitrogens is 2. The molecule has 102 valence electrons. The fraction of sp³-hybridized carbons (Fsp3) is 0.133. The van der Waals surface area contributed by atoms with E-state index in [2.05, 4.69) is 11.9 Å². The first-order chi connectivity index (χ1) is 9.58. The van der Waals surface area contributed by atoms with Gasteiger partial charge in [-0.2, -0.15) is 0 Å². The Kier molecular flexibility index (Phi) is 3.64. The van der Waals surface area contributed by atoms with E-state index in [1.807, 2.05) is 57.5 Å². The van der Waals surface area contributed by atoms with Crippen LogP contribution in [0.5, 0.6) is 0 Å². The highest BCUT2D eigenvalue weighted by Crippen LogP contribution is 2.26. The molecule has 1 unspecified atom stereocenters. The normalized spacial score (nSPS) is 12.8. The first kappa shape index (κ1) is 13.8. The number of nitrogens with one attached hydrogen (secondary N) is 1. The number of halogens is 2. The maximum Gasteiger partial charge on any atom is 0.178 e. The lowest BCUT2D eigenvalue weighted by Gasteiger charge is -2.15. The Balaban J connectivity index is 2.24. The minimum Gasteiger partial charge on any atom is -0.331 e. The summed E-state index contributed by atoms with van der Waals surface area (Å²) < 4.78 is 17.0. The highest BCUT2D eigenvalue weighted by Gasteiger charge is 2.14. The van der Waals surface area contributed by atoms with Gasteiger partial charge in [0, 0.05) is 6.07 Å². The van der Waals surface area contributed by atoms with Gasteiger partial charge in [0.1, 0.15) is 5.82 Å². The van der Waals surface area contributed by atoms with Gasteiger partial charge in [-0.25, -0.2) is 4.39 Å². The largest absolute Gasteiger partial charge is 0.331 e. The molecule has 0 saturated heterocycles. The maximum atomic E-state index is 13.8. The summed E-state index contributed by atoms with van der Waals surface area (Å²) in [7, 11) is 0. The number of H-pyrrole nitrogens is 1. The quantitative estimate of drug-likeness (QED) is 0.473. The summed E-state index contributed by atoms with van der Waals surface area (Å²) in [6.07, 6.45) is 0. The fourth-order valence-corrected chi connectivity index (χ4v) is 3.22. The minimum absolute atomic E-state index is 0.0527. The van der Waals surface area contributed by atoms with Crippen molar-refractivity contribution < 1.29 is 4.39 Å². The standard InChI is InChI=1S/C15H12FIN2S/c1-9(10-5-3-2-4-6-10)19-14-7-11(16)12(17)8-13(14)18-15(19)20/h2-9H,1H3,(H,18,20). The van der Waals surface area contributed by atoms with Crippen molar-refractivity contribution in [1.29, 1.82) is 0 Å². The van der Waals surface area contributed by atoms with Gasteiger partial charge in [0.05, 0.1) is 20.6 Å². The topological polar surface area (TPSA) is 20.7 Å². The van der Waals surface area contributed by atoms with Crippen LogP contribution < -0.4 is 0 Å². The molecule has 1 heterocycles. The molecule has 3 aromatic rings. The van der Waals surface area contributed by atoms with Crippen LogP contribution in [0.2, 0.25) is 0 Å². The van der Waals surface area contributed by atoms with Crippen molar-refractivity contribution in [3.8, 4) is 0 Å². The van der Waals surface area contributed by atoms with E-state index in [1.54, 1.807) is 12.1 Å². The molecule has 1 N–H and O–H groups in total. The van der Waals surface area contributed by atoms with Crippen molar-refractivity contribution in [2.45, 2.75) is 13.0 Å². The summed E-state index contributed by atoms with van der Waals surface area (Å²) in [5.74, 6) is -0.221. The minimum atomic E-state index is -0.221. The average Bonchev–Trinajstić information content (AvgIpc) is 2.75. The van der Waals surface area contributed by atoms with Crippen LogP contribution in [0.1, 0.15) is 18.5 Å². The number of hydrogen-bond acceptors (Lipinski definition) is 1. The second-order valence-corrected chi connectivity index (χ2v) is 6.22. The Hall–Kier alpha value is -1.21. The summed E-state index contributed by atoms with van der Waals surface area (Å²) in [5.41, 5.74) is 2.80. The van der Waals surface area contributed by atoms with Crippen LogP contribution >= 0.6 is 34.8 Å². The van der Waals surface area contributed by atoms with Gasteiger partial charge in [-0.05, 0) is 53.4 Å². The monoisotopic (exact) mass is 398 g/mol. The van der Waals surface area contributed by atoms with E-state index in [4.69, 9.17) is 12.2 Å². The van der Waals surface area contributed by atoms with Gasteiger partial charge in [-0.15, -0.1) is 0 Å². The van der Waals surface area contributed by atoms with E-state index in [9.17, 15) is 4.39 Å². The number of hydrogen-bond donors (Lipinski definition) is 1. The Bertz CT molecular complexity index is 823. The molecule has 1 atom stereocenters. The molecule has 0 aliphatic carbocycles. The van der Waals surface area contributed by atoms with Crippen LogP contribution in [0.3, 0.4) is 0 Å². The van der Waals surface area contributed by atoms with Gasteiger partial charge in [0.2, 0.25) is 0 Å². The highest BCUT2D eigenvalue weighted by molar-refractivity contribution is 14.1. The number of benzene rings is 2. The van der Waals surface area contributed by atoms with Crippen molar-refractivity contribution in [2.24, 2.45) is 0 Å². The number of imidazole rings is 1. The molecular weight excluding hydrogens is 386 g/mol. The van der Waals surface area contributed by atoms with E-state index in [-0.39, 0.29) is 11.9 Å². The predicted molar refractivity (Wildman–Crippen MR) is 90.1 cm³/mol. The van der Waals surface area contributed by atoms with Gasteiger partial charge in [-0.3, -0.25) is 0 Å². The third kappa shape index (κ3) is 2.29. The molecule has 1 aromatic heterocycles. The van der Waals surface area contributed by atoms with E-state index in [1.165, 1.54) is 0 Å². The van der Waals surface area contributed by atoms with Crippen molar-refractivity contribution >= 4 is 45.8 Å². The number of aromatic amines is 1. The van der Waals surface area contributed by atoms with Crippen molar-refractivity contribution in [1.82, 2.24) is 9.55 Å². The van der Waals surface area contributed by atoms with Crippen LogP contribution in [0.4, 0.5) is 4.39 Å². The van der Waals surface area contributed by atoms with Crippen LogP contribution in [-0.4, -0.2) is 9.55 Å². The summed E-state index contributed by atoms with van der Waals surface area (Å²) in [5, 5.41) is 0. The van der Waals surface area contributed by atoms with Gasteiger partial charge in [0.15, 0.2) is 4.77 Å². The molecule has 5 heteroatoms. The fourth-order valence-electron chi connectivity index (χ4n) is 2.39. The van der Waals surface area contributed by atoms with Crippen LogP contribution in [0.25, 0.3) is 11.0 Å². The lowest BCUT2D eigenvalue weighted by atomic mass is 10.1. The van der Waals surface area contributed by atoms with E-state index >= 15 is 0 Å². The second kappa shape index (κ2) is 5.29. The number of fused-ring (bicyclic) bond motifs is 1. The Morgan fingerprint density at radius 3 is 2.65 bits per heavy atom. The zero-order valence-electron chi connectivity index (χ0n) is 10.7. The van der Waals surface area contributed by atoms with Gasteiger partial charge in [0.25, 0.3) is 0 Å². The molecule has 0 saturated carbocycles. The Labute approximate surface area is 134 Å². The second-order valence-electron chi connectivity index (χ2n) is 4.67. The molecular formula is C15H12FIN2S. The molecule has 2 nitrogen and oxygen atoms in total. The molecule has 0 spiro atoms. The van der Waals surface area contributed by atoms with Gasteiger partial charge >= 0.3 is 0 Å².